The molecule has 0 aromatic heterocycles. The maximum atomic E-state index is 12.0. The molecule has 1 unspecified atom stereocenters. The number of carbonyl (C=O) groups is 1. The number of amides is 1. The molecule has 1 fully saturated rings. The van der Waals surface area contributed by atoms with Gasteiger partial charge in [0.2, 0.25) is 5.91 Å². The molecule has 1 heterocycles. The zero-order chi connectivity index (χ0) is 11.4. The van der Waals surface area contributed by atoms with Crippen LogP contribution in [0.15, 0.2) is 0 Å². The summed E-state index contributed by atoms with van der Waals surface area (Å²) in [5, 5.41) is 0. The van der Waals surface area contributed by atoms with Crippen LogP contribution in [0.5, 0.6) is 0 Å². The largest absolute Gasteiger partial charge is 0.341 e. The van der Waals surface area contributed by atoms with Crippen LogP contribution < -0.4 is 5.73 Å². The number of thioether (sulfide) groups is 1. The van der Waals surface area contributed by atoms with E-state index in [-0.39, 0.29) is 17.9 Å². The van der Waals surface area contributed by atoms with Crippen molar-refractivity contribution in [3.8, 4) is 0 Å². The molecule has 0 bridgehead atoms. The van der Waals surface area contributed by atoms with E-state index in [4.69, 9.17) is 5.73 Å². The van der Waals surface area contributed by atoms with Crippen LogP contribution in [0, 0.1) is 5.92 Å². The van der Waals surface area contributed by atoms with Crippen molar-refractivity contribution in [3.63, 3.8) is 0 Å². The van der Waals surface area contributed by atoms with Crippen LogP contribution in [0.1, 0.15) is 26.7 Å². The molecule has 4 heteroatoms. The lowest BCUT2D eigenvalue weighted by molar-refractivity contribution is -0.134. The third-order valence-corrected chi connectivity index (χ3v) is 4.49. The van der Waals surface area contributed by atoms with Gasteiger partial charge in [0.1, 0.15) is 0 Å². The Morgan fingerprint density at radius 1 is 1.67 bits per heavy atom. The van der Waals surface area contributed by atoms with Gasteiger partial charge in [0.05, 0.1) is 6.04 Å². The van der Waals surface area contributed by atoms with Crippen LogP contribution >= 0.6 is 11.8 Å². The fourth-order valence-corrected chi connectivity index (χ4v) is 3.01. The first-order valence-electron chi connectivity index (χ1n) is 5.68. The molecular weight excluding hydrogens is 208 g/mol. The van der Waals surface area contributed by atoms with Gasteiger partial charge in [-0.25, -0.2) is 0 Å². The van der Waals surface area contributed by atoms with Gasteiger partial charge < -0.3 is 10.6 Å². The summed E-state index contributed by atoms with van der Waals surface area (Å²) in [6.07, 6.45) is 2.07. The second-order valence-electron chi connectivity index (χ2n) is 4.38. The molecule has 0 aromatic rings. The molecule has 0 aliphatic carbocycles. The molecule has 15 heavy (non-hydrogen) atoms. The zero-order valence-corrected chi connectivity index (χ0v) is 10.7. The predicted octanol–water partition coefficient (Wildman–Crippen LogP) is 1.32. The van der Waals surface area contributed by atoms with Crippen molar-refractivity contribution >= 4 is 17.7 Å². The number of nitrogens with zero attached hydrogens (tertiary/aromatic N) is 1. The van der Waals surface area contributed by atoms with E-state index in [0.29, 0.717) is 6.04 Å². The number of nitrogens with two attached hydrogens (primary N) is 1. The molecule has 0 saturated carbocycles. The fourth-order valence-electron chi connectivity index (χ4n) is 1.74. The molecule has 1 saturated heterocycles. The van der Waals surface area contributed by atoms with Gasteiger partial charge in [0.25, 0.3) is 0 Å². The number of hydrogen-bond donors (Lipinski definition) is 1. The number of rotatable bonds is 4. The summed E-state index contributed by atoms with van der Waals surface area (Å²) in [5.74, 6) is 2.61. The number of hydrogen-bond acceptors (Lipinski definition) is 3. The van der Waals surface area contributed by atoms with Crippen LogP contribution in [0.4, 0.5) is 0 Å². The predicted molar refractivity (Wildman–Crippen MR) is 65.9 cm³/mol. The maximum absolute atomic E-state index is 12.0. The van der Waals surface area contributed by atoms with Crippen LogP contribution in [0.25, 0.3) is 0 Å². The number of carbonyl (C=O) groups excluding carboxylic acids is 1. The van der Waals surface area contributed by atoms with Crippen molar-refractivity contribution in [2.45, 2.75) is 38.8 Å². The fraction of sp³-hybridized carbons (Fsp3) is 0.909. The Bertz CT molecular complexity index is 217. The smallest absolute Gasteiger partial charge is 0.239 e. The van der Waals surface area contributed by atoms with Crippen LogP contribution in [0.2, 0.25) is 0 Å². The Balaban J connectivity index is 2.50. The molecule has 3 nitrogen and oxygen atoms in total. The average molecular weight is 230 g/mol. The highest BCUT2D eigenvalue weighted by Gasteiger charge is 2.29. The van der Waals surface area contributed by atoms with Crippen molar-refractivity contribution < 1.29 is 4.79 Å². The number of likely N-dealkylation sites (N-methyl/N-ethyl adjacent to an activating group) is 1. The summed E-state index contributed by atoms with van der Waals surface area (Å²) >= 11 is 1.92. The molecule has 1 amide bonds. The van der Waals surface area contributed by atoms with Crippen molar-refractivity contribution in [1.29, 1.82) is 0 Å². The normalized spacial score (nSPS) is 24.9. The van der Waals surface area contributed by atoms with E-state index >= 15 is 0 Å². The maximum Gasteiger partial charge on any atom is 0.239 e. The Kier molecular flexibility index (Phi) is 4.93. The van der Waals surface area contributed by atoms with Crippen molar-refractivity contribution in [2.75, 3.05) is 18.6 Å². The lowest BCUT2D eigenvalue weighted by Gasteiger charge is -2.28. The van der Waals surface area contributed by atoms with E-state index in [9.17, 15) is 4.79 Å². The molecule has 0 radical (unpaired) electrons. The average Bonchev–Trinajstić information content (AvgIpc) is 2.78. The van der Waals surface area contributed by atoms with E-state index in [1.807, 2.05) is 30.6 Å². The lowest BCUT2D eigenvalue weighted by Crippen LogP contribution is -2.49. The summed E-state index contributed by atoms with van der Waals surface area (Å²) in [7, 11) is 1.89. The minimum Gasteiger partial charge on any atom is -0.341 e. The third kappa shape index (κ3) is 3.11. The van der Waals surface area contributed by atoms with Gasteiger partial charge in [-0.1, -0.05) is 20.3 Å². The van der Waals surface area contributed by atoms with E-state index < -0.39 is 0 Å². The second kappa shape index (κ2) is 5.75. The SMILES string of the molecule is CC[C@H](C)[C@H](N)C(=O)N(C)C1CCSC1. The zero-order valence-electron chi connectivity index (χ0n) is 9.90. The monoisotopic (exact) mass is 230 g/mol. The third-order valence-electron chi connectivity index (χ3n) is 3.34. The van der Waals surface area contributed by atoms with Gasteiger partial charge in [0.15, 0.2) is 0 Å². The van der Waals surface area contributed by atoms with Gasteiger partial charge in [-0.2, -0.15) is 11.8 Å². The van der Waals surface area contributed by atoms with Crippen LogP contribution in [-0.4, -0.2) is 41.4 Å². The molecule has 2 N–H and O–H groups in total. The van der Waals surface area contributed by atoms with Gasteiger partial charge in [-0.3, -0.25) is 4.79 Å². The molecule has 1 aliphatic heterocycles. The van der Waals surface area contributed by atoms with E-state index in [0.717, 1.165) is 18.6 Å². The molecule has 1 rings (SSSR count). The first kappa shape index (κ1) is 12.8. The van der Waals surface area contributed by atoms with Crippen LogP contribution in [-0.2, 0) is 4.79 Å². The summed E-state index contributed by atoms with van der Waals surface area (Å²) in [6, 6.07) is 0.0724. The summed E-state index contributed by atoms with van der Waals surface area (Å²) in [6.45, 7) is 4.11. The van der Waals surface area contributed by atoms with Crippen LogP contribution in [0.3, 0.4) is 0 Å². The highest BCUT2D eigenvalue weighted by molar-refractivity contribution is 7.99. The highest BCUT2D eigenvalue weighted by atomic mass is 32.2. The van der Waals surface area contributed by atoms with Gasteiger partial charge in [-0.05, 0) is 18.1 Å². The molecule has 1 aliphatic rings. The summed E-state index contributed by atoms with van der Waals surface area (Å²) in [4.78, 5) is 13.9. The lowest BCUT2D eigenvalue weighted by atomic mass is 9.98. The van der Waals surface area contributed by atoms with E-state index in [1.54, 1.807) is 0 Å². The topological polar surface area (TPSA) is 46.3 Å². The Morgan fingerprint density at radius 2 is 2.33 bits per heavy atom. The Morgan fingerprint density at radius 3 is 2.80 bits per heavy atom. The molecular formula is C11H22N2OS. The molecule has 3 atom stereocenters. The Hall–Kier alpha value is -0.220. The Labute approximate surface area is 96.8 Å². The quantitative estimate of drug-likeness (QED) is 0.792. The highest BCUT2D eigenvalue weighted by Crippen LogP contribution is 2.22. The van der Waals surface area contributed by atoms with Gasteiger partial charge in [-0.15, -0.1) is 0 Å². The molecule has 0 spiro atoms. The minimum atomic E-state index is -0.328. The molecule has 88 valence electrons. The minimum absolute atomic E-state index is 0.108. The summed E-state index contributed by atoms with van der Waals surface area (Å²) in [5.41, 5.74) is 5.94. The second-order valence-corrected chi connectivity index (χ2v) is 5.53. The molecule has 0 aromatic carbocycles. The first-order valence-corrected chi connectivity index (χ1v) is 6.83. The van der Waals surface area contributed by atoms with Crippen molar-refractivity contribution in [1.82, 2.24) is 4.90 Å². The van der Waals surface area contributed by atoms with E-state index in [2.05, 4.69) is 6.92 Å². The van der Waals surface area contributed by atoms with E-state index in [1.165, 1.54) is 5.75 Å². The van der Waals surface area contributed by atoms with Gasteiger partial charge >= 0.3 is 0 Å². The standard InChI is InChI=1S/C11H22N2OS/c1-4-8(2)10(12)11(14)13(3)9-5-6-15-7-9/h8-10H,4-7,12H2,1-3H3/t8-,9?,10-/m0/s1. The summed E-state index contributed by atoms with van der Waals surface area (Å²) < 4.78 is 0. The first-order chi connectivity index (χ1) is 7.07. The van der Waals surface area contributed by atoms with Gasteiger partial charge in [0, 0.05) is 18.8 Å². The van der Waals surface area contributed by atoms with Crippen molar-refractivity contribution in [2.24, 2.45) is 11.7 Å². The van der Waals surface area contributed by atoms with Crippen molar-refractivity contribution in [3.05, 3.63) is 0 Å².